The molecule has 1 aromatic rings. The summed E-state index contributed by atoms with van der Waals surface area (Å²) >= 11 is 0. The van der Waals surface area contributed by atoms with Gasteiger partial charge in [0.25, 0.3) is 0 Å². The van der Waals surface area contributed by atoms with Crippen LogP contribution in [0.25, 0.3) is 0 Å². The van der Waals surface area contributed by atoms with Gasteiger partial charge in [0.1, 0.15) is 0 Å². The molecule has 0 spiro atoms. The van der Waals surface area contributed by atoms with Gasteiger partial charge >= 0.3 is 0 Å². The van der Waals surface area contributed by atoms with E-state index in [0.717, 1.165) is 13.0 Å². The first-order valence-electron chi connectivity index (χ1n) is 6.20. The van der Waals surface area contributed by atoms with Gasteiger partial charge in [0.15, 0.2) is 0 Å². The first-order valence-corrected chi connectivity index (χ1v) is 6.20. The predicted octanol–water partition coefficient (Wildman–Crippen LogP) is 1.59. The highest BCUT2D eigenvalue weighted by molar-refractivity contribution is 5.77. The number of carbonyl (C=O) groups excluding carboxylic acids is 1. The van der Waals surface area contributed by atoms with Crippen molar-refractivity contribution in [3.05, 3.63) is 35.9 Å². The summed E-state index contributed by atoms with van der Waals surface area (Å²) in [5, 5.41) is 6.02. The van der Waals surface area contributed by atoms with Gasteiger partial charge in [-0.1, -0.05) is 44.2 Å². The Morgan fingerprint density at radius 2 is 1.94 bits per heavy atom. The van der Waals surface area contributed by atoms with Crippen LogP contribution in [-0.2, 0) is 11.2 Å². The molecule has 0 aromatic heterocycles. The van der Waals surface area contributed by atoms with Crippen molar-refractivity contribution in [2.45, 2.75) is 20.3 Å². The Balaban J connectivity index is 2.08. The summed E-state index contributed by atoms with van der Waals surface area (Å²) in [4.78, 5) is 11.4. The van der Waals surface area contributed by atoms with E-state index in [1.165, 1.54) is 5.56 Å². The van der Waals surface area contributed by atoms with E-state index < -0.39 is 0 Å². The summed E-state index contributed by atoms with van der Waals surface area (Å²) in [5.41, 5.74) is 1.25. The Labute approximate surface area is 104 Å². The van der Waals surface area contributed by atoms with Gasteiger partial charge in [-0.3, -0.25) is 4.79 Å². The summed E-state index contributed by atoms with van der Waals surface area (Å²) in [6.45, 7) is 6.24. The minimum atomic E-state index is 0.0709. The lowest BCUT2D eigenvalue weighted by Crippen LogP contribution is -2.36. The summed E-state index contributed by atoms with van der Waals surface area (Å²) in [6.07, 6.45) is 0.886. The molecule has 1 aromatic carbocycles. The highest BCUT2D eigenvalue weighted by atomic mass is 16.1. The molecule has 0 bridgehead atoms. The van der Waals surface area contributed by atoms with Gasteiger partial charge in [-0.25, -0.2) is 0 Å². The molecule has 0 atom stereocenters. The van der Waals surface area contributed by atoms with Crippen molar-refractivity contribution in [3.63, 3.8) is 0 Å². The average molecular weight is 234 g/mol. The maximum absolute atomic E-state index is 11.4. The molecule has 0 radical (unpaired) electrons. The van der Waals surface area contributed by atoms with Crippen LogP contribution < -0.4 is 10.6 Å². The highest BCUT2D eigenvalue weighted by Crippen LogP contribution is 1.97. The SMILES string of the molecule is CC(C)CNCC(=O)NCCc1ccccc1. The first kappa shape index (κ1) is 13.7. The second-order valence-corrected chi connectivity index (χ2v) is 4.61. The standard InChI is InChI=1S/C14H22N2O/c1-12(2)10-15-11-14(17)16-9-8-13-6-4-3-5-7-13/h3-7,12,15H,8-11H2,1-2H3,(H,16,17). The molecular weight excluding hydrogens is 212 g/mol. The van der Waals surface area contributed by atoms with Crippen LogP contribution in [0.5, 0.6) is 0 Å². The molecule has 0 saturated heterocycles. The smallest absolute Gasteiger partial charge is 0.233 e. The zero-order chi connectivity index (χ0) is 12.5. The fraction of sp³-hybridized carbons (Fsp3) is 0.500. The van der Waals surface area contributed by atoms with E-state index in [1.807, 2.05) is 18.2 Å². The van der Waals surface area contributed by atoms with Crippen LogP contribution in [0.2, 0.25) is 0 Å². The molecule has 0 heterocycles. The minimum absolute atomic E-state index is 0.0709. The van der Waals surface area contributed by atoms with E-state index in [-0.39, 0.29) is 5.91 Å². The van der Waals surface area contributed by atoms with Crippen molar-refractivity contribution in [3.8, 4) is 0 Å². The zero-order valence-corrected chi connectivity index (χ0v) is 10.7. The van der Waals surface area contributed by atoms with Gasteiger partial charge in [-0.2, -0.15) is 0 Å². The van der Waals surface area contributed by atoms with Crippen LogP contribution in [0.4, 0.5) is 0 Å². The number of carbonyl (C=O) groups is 1. The molecule has 94 valence electrons. The molecule has 0 fully saturated rings. The Hall–Kier alpha value is -1.35. The molecule has 0 aliphatic rings. The zero-order valence-electron chi connectivity index (χ0n) is 10.7. The van der Waals surface area contributed by atoms with E-state index in [4.69, 9.17) is 0 Å². The van der Waals surface area contributed by atoms with Crippen molar-refractivity contribution < 1.29 is 4.79 Å². The molecule has 0 aliphatic heterocycles. The predicted molar refractivity (Wildman–Crippen MR) is 70.9 cm³/mol. The lowest BCUT2D eigenvalue weighted by molar-refractivity contribution is -0.120. The number of nitrogens with one attached hydrogen (secondary N) is 2. The molecule has 0 saturated carbocycles. The fourth-order valence-electron chi connectivity index (χ4n) is 1.53. The van der Waals surface area contributed by atoms with Gasteiger partial charge in [0.05, 0.1) is 6.54 Å². The maximum atomic E-state index is 11.4. The average Bonchev–Trinajstić information content (AvgIpc) is 2.30. The summed E-state index contributed by atoms with van der Waals surface area (Å²) in [7, 11) is 0. The normalized spacial score (nSPS) is 10.5. The third kappa shape index (κ3) is 6.74. The summed E-state index contributed by atoms with van der Waals surface area (Å²) in [6, 6.07) is 10.2. The molecule has 0 unspecified atom stereocenters. The number of hydrogen-bond donors (Lipinski definition) is 2. The van der Waals surface area contributed by atoms with E-state index in [1.54, 1.807) is 0 Å². The summed E-state index contributed by atoms with van der Waals surface area (Å²) in [5.74, 6) is 0.647. The molecule has 2 N–H and O–H groups in total. The third-order valence-corrected chi connectivity index (χ3v) is 2.42. The number of hydrogen-bond acceptors (Lipinski definition) is 2. The lowest BCUT2D eigenvalue weighted by Gasteiger charge is -2.08. The largest absolute Gasteiger partial charge is 0.355 e. The van der Waals surface area contributed by atoms with Gasteiger partial charge in [0.2, 0.25) is 5.91 Å². The van der Waals surface area contributed by atoms with Gasteiger partial charge in [-0.15, -0.1) is 0 Å². The summed E-state index contributed by atoms with van der Waals surface area (Å²) < 4.78 is 0. The molecule has 3 heteroatoms. The van der Waals surface area contributed by atoms with Gasteiger partial charge in [0, 0.05) is 6.54 Å². The molecule has 17 heavy (non-hydrogen) atoms. The van der Waals surface area contributed by atoms with Crippen LogP contribution >= 0.6 is 0 Å². The Morgan fingerprint density at radius 1 is 1.24 bits per heavy atom. The monoisotopic (exact) mass is 234 g/mol. The van der Waals surface area contributed by atoms with Gasteiger partial charge < -0.3 is 10.6 Å². The van der Waals surface area contributed by atoms with Crippen molar-refractivity contribution in [2.24, 2.45) is 5.92 Å². The third-order valence-electron chi connectivity index (χ3n) is 2.42. The van der Waals surface area contributed by atoms with E-state index in [0.29, 0.717) is 19.0 Å². The number of rotatable bonds is 7. The van der Waals surface area contributed by atoms with E-state index in [9.17, 15) is 4.79 Å². The van der Waals surface area contributed by atoms with Crippen molar-refractivity contribution in [2.75, 3.05) is 19.6 Å². The topological polar surface area (TPSA) is 41.1 Å². The fourth-order valence-corrected chi connectivity index (χ4v) is 1.53. The van der Waals surface area contributed by atoms with Crippen molar-refractivity contribution >= 4 is 5.91 Å². The quantitative estimate of drug-likeness (QED) is 0.752. The number of benzene rings is 1. The first-order chi connectivity index (χ1) is 8.18. The Kier molecular flexibility index (Phi) is 6.33. The van der Waals surface area contributed by atoms with Crippen LogP contribution in [0, 0.1) is 5.92 Å². The molecular formula is C14H22N2O. The maximum Gasteiger partial charge on any atom is 0.233 e. The second kappa shape index (κ2) is 7.85. The molecule has 3 nitrogen and oxygen atoms in total. The Morgan fingerprint density at radius 3 is 2.59 bits per heavy atom. The van der Waals surface area contributed by atoms with Crippen LogP contribution in [0.3, 0.4) is 0 Å². The van der Waals surface area contributed by atoms with Crippen LogP contribution in [0.15, 0.2) is 30.3 Å². The van der Waals surface area contributed by atoms with Crippen molar-refractivity contribution in [1.29, 1.82) is 0 Å². The highest BCUT2D eigenvalue weighted by Gasteiger charge is 2.00. The Bertz CT molecular complexity index is 322. The number of amides is 1. The van der Waals surface area contributed by atoms with Crippen LogP contribution in [0.1, 0.15) is 19.4 Å². The lowest BCUT2D eigenvalue weighted by atomic mass is 10.1. The second-order valence-electron chi connectivity index (χ2n) is 4.61. The van der Waals surface area contributed by atoms with Crippen molar-refractivity contribution in [1.82, 2.24) is 10.6 Å². The minimum Gasteiger partial charge on any atom is -0.355 e. The van der Waals surface area contributed by atoms with E-state index in [2.05, 4.69) is 36.6 Å². The molecule has 1 rings (SSSR count). The van der Waals surface area contributed by atoms with Gasteiger partial charge in [-0.05, 0) is 24.4 Å². The molecule has 1 amide bonds. The molecule has 0 aliphatic carbocycles. The van der Waals surface area contributed by atoms with Crippen LogP contribution in [-0.4, -0.2) is 25.5 Å². The van der Waals surface area contributed by atoms with E-state index >= 15 is 0 Å².